The molecular weight excluding hydrogens is 238 g/mol. The SMILES string of the molecule is C=C(C)c1ccc(N2C(=O)C=CC2=O)cc1Cl. The summed E-state index contributed by atoms with van der Waals surface area (Å²) in [5.41, 5.74) is 2.11. The molecule has 86 valence electrons. The summed E-state index contributed by atoms with van der Waals surface area (Å²) < 4.78 is 0. The molecule has 1 aliphatic rings. The molecule has 0 saturated heterocycles. The number of hydrogen-bond acceptors (Lipinski definition) is 2. The van der Waals surface area contributed by atoms with Gasteiger partial charge in [-0.2, -0.15) is 0 Å². The Bertz CT molecular complexity index is 543. The van der Waals surface area contributed by atoms with Crippen molar-refractivity contribution in [2.24, 2.45) is 0 Å². The third-order valence-electron chi connectivity index (χ3n) is 2.48. The van der Waals surface area contributed by atoms with E-state index in [9.17, 15) is 9.59 Å². The standard InChI is InChI=1S/C13H10ClNO2/c1-8(2)10-4-3-9(7-11(10)14)15-12(16)5-6-13(15)17/h3-7H,1H2,2H3. The monoisotopic (exact) mass is 247 g/mol. The maximum atomic E-state index is 11.5. The van der Waals surface area contributed by atoms with Crippen LogP contribution in [-0.4, -0.2) is 11.8 Å². The molecular formula is C13H10ClNO2. The van der Waals surface area contributed by atoms with Gasteiger partial charge in [-0.15, -0.1) is 0 Å². The molecule has 17 heavy (non-hydrogen) atoms. The van der Waals surface area contributed by atoms with E-state index in [1.807, 2.05) is 6.92 Å². The molecule has 0 N–H and O–H groups in total. The second kappa shape index (κ2) is 4.18. The first-order valence-electron chi connectivity index (χ1n) is 5.02. The smallest absolute Gasteiger partial charge is 0.258 e. The number of benzene rings is 1. The summed E-state index contributed by atoms with van der Waals surface area (Å²) in [4.78, 5) is 24.0. The highest BCUT2D eigenvalue weighted by Crippen LogP contribution is 2.29. The van der Waals surface area contributed by atoms with E-state index in [0.717, 1.165) is 16.0 Å². The molecule has 0 radical (unpaired) electrons. The first kappa shape index (κ1) is 11.6. The van der Waals surface area contributed by atoms with E-state index in [4.69, 9.17) is 11.6 Å². The number of imide groups is 1. The highest BCUT2D eigenvalue weighted by molar-refractivity contribution is 6.33. The molecule has 0 spiro atoms. The number of hydrogen-bond donors (Lipinski definition) is 0. The van der Waals surface area contributed by atoms with E-state index in [0.29, 0.717) is 10.7 Å². The van der Waals surface area contributed by atoms with Gasteiger partial charge in [0.1, 0.15) is 0 Å². The zero-order valence-electron chi connectivity index (χ0n) is 9.24. The van der Waals surface area contributed by atoms with E-state index in [2.05, 4.69) is 6.58 Å². The van der Waals surface area contributed by atoms with Gasteiger partial charge < -0.3 is 0 Å². The largest absolute Gasteiger partial charge is 0.269 e. The second-order valence-corrected chi connectivity index (χ2v) is 4.20. The number of carbonyl (C=O) groups excluding carboxylic acids is 2. The Hall–Kier alpha value is -1.87. The maximum absolute atomic E-state index is 11.5. The predicted molar refractivity (Wildman–Crippen MR) is 67.8 cm³/mol. The number of nitrogens with zero attached hydrogens (tertiary/aromatic N) is 1. The van der Waals surface area contributed by atoms with E-state index in [1.54, 1.807) is 18.2 Å². The number of anilines is 1. The predicted octanol–water partition coefficient (Wildman–Crippen LogP) is 2.80. The Balaban J connectivity index is 2.42. The molecule has 0 atom stereocenters. The second-order valence-electron chi connectivity index (χ2n) is 3.79. The first-order chi connectivity index (χ1) is 8.00. The molecule has 1 heterocycles. The fourth-order valence-electron chi connectivity index (χ4n) is 1.64. The third kappa shape index (κ3) is 2.01. The van der Waals surface area contributed by atoms with Crippen LogP contribution in [0.4, 0.5) is 5.69 Å². The van der Waals surface area contributed by atoms with Gasteiger partial charge in [0, 0.05) is 12.2 Å². The minimum atomic E-state index is -0.353. The summed E-state index contributed by atoms with van der Waals surface area (Å²) in [6.07, 6.45) is 2.48. The van der Waals surface area contributed by atoms with E-state index < -0.39 is 0 Å². The van der Waals surface area contributed by atoms with Gasteiger partial charge in [0.25, 0.3) is 11.8 Å². The number of rotatable bonds is 2. The van der Waals surface area contributed by atoms with Crippen LogP contribution in [0.15, 0.2) is 36.9 Å². The number of allylic oxidation sites excluding steroid dienone is 1. The zero-order chi connectivity index (χ0) is 12.6. The highest BCUT2D eigenvalue weighted by atomic mass is 35.5. The molecule has 2 amide bonds. The van der Waals surface area contributed by atoms with E-state index >= 15 is 0 Å². The van der Waals surface area contributed by atoms with Crippen molar-refractivity contribution >= 4 is 34.7 Å². The van der Waals surface area contributed by atoms with Crippen molar-refractivity contribution in [3.8, 4) is 0 Å². The molecule has 1 aliphatic heterocycles. The van der Waals surface area contributed by atoms with Crippen molar-refractivity contribution in [1.82, 2.24) is 0 Å². The molecule has 3 nitrogen and oxygen atoms in total. The molecule has 0 aliphatic carbocycles. The van der Waals surface area contributed by atoms with Crippen LogP contribution in [0.3, 0.4) is 0 Å². The van der Waals surface area contributed by atoms with Gasteiger partial charge in [-0.25, -0.2) is 4.90 Å². The van der Waals surface area contributed by atoms with E-state index in [-0.39, 0.29) is 11.8 Å². The molecule has 0 unspecified atom stereocenters. The normalized spacial score (nSPS) is 14.6. The van der Waals surface area contributed by atoms with Crippen molar-refractivity contribution in [2.75, 3.05) is 4.90 Å². The van der Waals surface area contributed by atoms with Gasteiger partial charge in [-0.05, 0) is 30.2 Å². The fraction of sp³-hybridized carbons (Fsp3) is 0.0769. The van der Waals surface area contributed by atoms with Crippen LogP contribution >= 0.6 is 11.6 Å². The quantitative estimate of drug-likeness (QED) is 0.754. The highest BCUT2D eigenvalue weighted by Gasteiger charge is 2.25. The van der Waals surface area contributed by atoms with Crippen molar-refractivity contribution in [2.45, 2.75) is 6.92 Å². The number of amides is 2. The van der Waals surface area contributed by atoms with Crippen LogP contribution in [-0.2, 0) is 9.59 Å². The Kier molecular flexibility index (Phi) is 2.86. The average molecular weight is 248 g/mol. The lowest BCUT2D eigenvalue weighted by molar-refractivity contribution is -0.119. The molecule has 4 heteroatoms. The zero-order valence-corrected chi connectivity index (χ0v) is 9.99. The van der Waals surface area contributed by atoms with Gasteiger partial charge in [0.2, 0.25) is 0 Å². The molecule has 2 rings (SSSR count). The van der Waals surface area contributed by atoms with Gasteiger partial charge in [0.15, 0.2) is 0 Å². The molecule has 0 aromatic heterocycles. The minimum absolute atomic E-state index is 0.353. The Morgan fingerprint density at radius 3 is 2.29 bits per heavy atom. The van der Waals surface area contributed by atoms with Crippen LogP contribution in [0.1, 0.15) is 12.5 Å². The topological polar surface area (TPSA) is 37.4 Å². The number of halogens is 1. The minimum Gasteiger partial charge on any atom is -0.269 e. The van der Waals surface area contributed by atoms with Crippen molar-refractivity contribution < 1.29 is 9.59 Å². The summed E-state index contributed by atoms with van der Waals surface area (Å²) in [6, 6.07) is 5.02. The lowest BCUT2D eigenvalue weighted by atomic mass is 10.1. The maximum Gasteiger partial charge on any atom is 0.258 e. The Labute approximate surface area is 104 Å². The van der Waals surface area contributed by atoms with Gasteiger partial charge in [-0.3, -0.25) is 9.59 Å². The van der Waals surface area contributed by atoms with Crippen molar-refractivity contribution in [3.63, 3.8) is 0 Å². The van der Waals surface area contributed by atoms with Crippen LogP contribution in [0, 0.1) is 0 Å². The summed E-state index contributed by atoms with van der Waals surface area (Å²) in [6.45, 7) is 5.64. The van der Waals surface area contributed by atoms with Crippen molar-refractivity contribution in [3.05, 3.63) is 47.5 Å². The van der Waals surface area contributed by atoms with Crippen LogP contribution in [0.25, 0.3) is 5.57 Å². The van der Waals surface area contributed by atoms with Crippen LogP contribution in [0.2, 0.25) is 5.02 Å². The first-order valence-corrected chi connectivity index (χ1v) is 5.40. The molecule has 0 bridgehead atoms. The summed E-state index contributed by atoms with van der Waals surface area (Å²) >= 11 is 6.07. The van der Waals surface area contributed by atoms with Gasteiger partial charge >= 0.3 is 0 Å². The average Bonchev–Trinajstić information content (AvgIpc) is 2.58. The molecule has 1 aromatic carbocycles. The summed E-state index contributed by atoms with van der Waals surface area (Å²) in [5, 5.41) is 0.475. The lowest BCUT2D eigenvalue weighted by Gasteiger charge is -2.15. The van der Waals surface area contributed by atoms with Crippen molar-refractivity contribution in [1.29, 1.82) is 0 Å². The Morgan fingerprint density at radius 2 is 1.82 bits per heavy atom. The summed E-state index contributed by atoms with van der Waals surface area (Å²) in [7, 11) is 0. The molecule has 1 aromatic rings. The Morgan fingerprint density at radius 1 is 1.24 bits per heavy atom. The van der Waals surface area contributed by atoms with Gasteiger partial charge in [-0.1, -0.05) is 24.2 Å². The van der Waals surface area contributed by atoms with E-state index in [1.165, 1.54) is 12.2 Å². The lowest BCUT2D eigenvalue weighted by Crippen LogP contribution is -2.29. The molecule has 0 fully saturated rings. The molecule has 0 saturated carbocycles. The summed E-state index contributed by atoms with van der Waals surface area (Å²) in [5.74, 6) is -0.705. The van der Waals surface area contributed by atoms with Crippen LogP contribution in [0.5, 0.6) is 0 Å². The number of carbonyl (C=O) groups is 2. The third-order valence-corrected chi connectivity index (χ3v) is 2.79. The van der Waals surface area contributed by atoms with Crippen LogP contribution < -0.4 is 4.90 Å². The fourth-order valence-corrected chi connectivity index (χ4v) is 1.98. The van der Waals surface area contributed by atoms with Gasteiger partial charge in [0.05, 0.1) is 10.7 Å².